The highest BCUT2D eigenvalue weighted by atomic mass is 32.2. The molecule has 0 amide bonds. The van der Waals surface area contributed by atoms with Crippen LogP contribution in [0.5, 0.6) is 0 Å². The van der Waals surface area contributed by atoms with Crippen molar-refractivity contribution in [2.24, 2.45) is 11.1 Å². The first-order chi connectivity index (χ1) is 5.97. The molecular formula is C8H16N2O2S. The van der Waals surface area contributed by atoms with Crippen molar-refractivity contribution in [3.05, 3.63) is 0 Å². The van der Waals surface area contributed by atoms with Crippen molar-refractivity contribution in [3.63, 3.8) is 0 Å². The maximum Gasteiger partial charge on any atom is 0.212 e. The second-order valence-corrected chi connectivity index (χ2v) is 6.21. The highest BCUT2D eigenvalue weighted by Gasteiger charge is 2.41. The highest BCUT2D eigenvalue weighted by molar-refractivity contribution is 7.89. The van der Waals surface area contributed by atoms with Crippen LogP contribution in [-0.4, -0.2) is 25.8 Å². The molecule has 0 aromatic rings. The summed E-state index contributed by atoms with van der Waals surface area (Å²) < 4.78 is 22.3. The lowest BCUT2D eigenvalue weighted by molar-refractivity contribution is 0.381. The topological polar surface area (TPSA) is 72.2 Å². The zero-order chi connectivity index (χ0) is 9.64. The quantitative estimate of drug-likeness (QED) is 0.621. The van der Waals surface area contributed by atoms with Gasteiger partial charge in [-0.1, -0.05) is 6.92 Å². The van der Waals surface area contributed by atoms with Gasteiger partial charge in [-0.05, 0) is 25.2 Å². The second kappa shape index (κ2) is 2.93. The molecule has 0 radical (unpaired) electrons. The standard InChI is InChI=1S/C8H16N2O2S/c1-5-2-6-3-7(13(9,11)12)4-8(5)10-6/h5-8,10H,2-4H2,1H3,(H2,9,11,12)/t5-,6+,7-,8+/m1/s1. The van der Waals surface area contributed by atoms with Gasteiger partial charge in [-0.2, -0.15) is 0 Å². The van der Waals surface area contributed by atoms with E-state index < -0.39 is 10.0 Å². The number of nitrogens with one attached hydrogen (secondary N) is 1. The molecule has 0 aliphatic carbocycles. The van der Waals surface area contributed by atoms with E-state index in [0.717, 1.165) is 6.42 Å². The van der Waals surface area contributed by atoms with Crippen LogP contribution in [0.25, 0.3) is 0 Å². The molecule has 76 valence electrons. The lowest BCUT2D eigenvalue weighted by atomic mass is 10.0. The van der Waals surface area contributed by atoms with E-state index in [4.69, 9.17) is 5.14 Å². The van der Waals surface area contributed by atoms with Crippen LogP contribution >= 0.6 is 0 Å². The van der Waals surface area contributed by atoms with Crippen molar-refractivity contribution in [3.8, 4) is 0 Å². The van der Waals surface area contributed by atoms with Gasteiger partial charge in [-0.3, -0.25) is 0 Å². The van der Waals surface area contributed by atoms with Gasteiger partial charge in [0, 0.05) is 12.1 Å². The predicted molar refractivity (Wildman–Crippen MR) is 50.6 cm³/mol. The fourth-order valence-corrected chi connectivity index (χ4v) is 3.55. The van der Waals surface area contributed by atoms with Gasteiger partial charge in [-0.25, -0.2) is 13.6 Å². The Morgan fingerprint density at radius 3 is 2.54 bits per heavy atom. The molecule has 2 bridgehead atoms. The Morgan fingerprint density at radius 2 is 2.00 bits per heavy atom. The van der Waals surface area contributed by atoms with Gasteiger partial charge >= 0.3 is 0 Å². The first-order valence-corrected chi connectivity index (χ1v) is 6.35. The van der Waals surface area contributed by atoms with E-state index in [1.807, 2.05) is 0 Å². The molecule has 2 fully saturated rings. The van der Waals surface area contributed by atoms with E-state index in [-0.39, 0.29) is 5.25 Å². The van der Waals surface area contributed by atoms with Crippen molar-refractivity contribution in [2.75, 3.05) is 0 Å². The minimum absolute atomic E-state index is 0.311. The summed E-state index contributed by atoms with van der Waals surface area (Å²) in [6, 6.07) is 0.735. The molecule has 5 heteroatoms. The predicted octanol–water partition coefficient (Wildman–Crippen LogP) is -0.196. The van der Waals surface area contributed by atoms with Crippen LogP contribution < -0.4 is 10.5 Å². The average Bonchev–Trinajstić information content (AvgIpc) is 2.24. The van der Waals surface area contributed by atoms with E-state index >= 15 is 0 Å². The molecule has 4 atom stereocenters. The number of sulfonamides is 1. The first-order valence-electron chi connectivity index (χ1n) is 4.74. The number of hydrogen-bond acceptors (Lipinski definition) is 3. The lowest BCUT2D eigenvalue weighted by Crippen LogP contribution is -2.46. The third kappa shape index (κ3) is 1.73. The zero-order valence-corrected chi connectivity index (χ0v) is 8.55. The number of rotatable bonds is 1. The third-order valence-electron chi connectivity index (χ3n) is 3.32. The van der Waals surface area contributed by atoms with Gasteiger partial charge in [0.25, 0.3) is 0 Å². The van der Waals surface area contributed by atoms with Crippen LogP contribution in [0.4, 0.5) is 0 Å². The Morgan fingerprint density at radius 1 is 1.31 bits per heavy atom. The summed E-state index contributed by atoms with van der Waals surface area (Å²) in [7, 11) is -3.32. The molecule has 0 spiro atoms. The molecule has 2 aliphatic rings. The van der Waals surface area contributed by atoms with Gasteiger partial charge in [0.1, 0.15) is 0 Å². The summed E-state index contributed by atoms with van der Waals surface area (Å²) in [5.74, 6) is 0.594. The largest absolute Gasteiger partial charge is 0.311 e. The summed E-state index contributed by atoms with van der Waals surface area (Å²) in [6.07, 6.45) is 2.48. The molecule has 4 nitrogen and oxygen atoms in total. The van der Waals surface area contributed by atoms with Crippen molar-refractivity contribution in [2.45, 2.75) is 43.5 Å². The number of fused-ring (bicyclic) bond motifs is 2. The Kier molecular flexibility index (Phi) is 2.13. The first kappa shape index (κ1) is 9.43. The average molecular weight is 204 g/mol. The minimum Gasteiger partial charge on any atom is -0.311 e. The molecule has 2 saturated heterocycles. The van der Waals surface area contributed by atoms with Crippen LogP contribution in [0.2, 0.25) is 0 Å². The molecule has 2 rings (SSSR count). The molecule has 0 aromatic heterocycles. The molecule has 2 aliphatic heterocycles. The summed E-state index contributed by atoms with van der Waals surface area (Å²) in [5.41, 5.74) is 0. The fraction of sp³-hybridized carbons (Fsp3) is 1.00. The third-order valence-corrected chi connectivity index (χ3v) is 4.64. The number of hydrogen-bond donors (Lipinski definition) is 2. The van der Waals surface area contributed by atoms with Crippen LogP contribution in [0.1, 0.15) is 26.2 Å². The van der Waals surface area contributed by atoms with Crippen LogP contribution in [0.15, 0.2) is 0 Å². The van der Waals surface area contributed by atoms with Crippen LogP contribution in [0, 0.1) is 5.92 Å². The van der Waals surface area contributed by atoms with E-state index in [2.05, 4.69) is 12.2 Å². The summed E-state index contributed by atoms with van der Waals surface area (Å²) in [4.78, 5) is 0. The number of piperidine rings is 1. The maximum absolute atomic E-state index is 11.2. The fourth-order valence-electron chi connectivity index (χ4n) is 2.58. The maximum atomic E-state index is 11.2. The molecule has 2 heterocycles. The van der Waals surface area contributed by atoms with E-state index in [0.29, 0.717) is 30.8 Å². The van der Waals surface area contributed by atoms with Gasteiger partial charge < -0.3 is 5.32 Å². The Labute approximate surface area is 78.9 Å². The Bertz CT molecular complexity index is 299. The van der Waals surface area contributed by atoms with Gasteiger partial charge in [-0.15, -0.1) is 0 Å². The van der Waals surface area contributed by atoms with Gasteiger partial charge in [0.15, 0.2) is 0 Å². The summed E-state index contributed by atoms with van der Waals surface area (Å²) in [6.45, 7) is 2.17. The Balaban J connectivity index is 2.14. The molecule has 0 unspecified atom stereocenters. The number of primary sulfonamides is 1. The van der Waals surface area contributed by atoms with Crippen molar-refractivity contribution >= 4 is 10.0 Å². The molecule has 0 aromatic carbocycles. The smallest absolute Gasteiger partial charge is 0.212 e. The summed E-state index contributed by atoms with van der Waals surface area (Å²) >= 11 is 0. The zero-order valence-electron chi connectivity index (χ0n) is 7.73. The molecular weight excluding hydrogens is 188 g/mol. The SMILES string of the molecule is C[C@@H]1C[C@H]2C[C@@H](S(N)(=O)=O)C[C@@H]1N2. The molecule has 3 N–H and O–H groups in total. The van der Waals surface area contributed by atoms with E-state index in [9.17, 15) is 8.42 Å². The lowest BCUT2D eigenvalue weighted by Gasteiger charge is -2.28. The molecule has 0 saturated carbocycles. The van der Waals surface area contributed by atoms with E-state index in [1.165, 1.54) is 0 Å². The summed E-state index contributed by atoms with van der Waals surface area (Å²) in [5, 5.41) is 8.26. The van der Waals surface area contributed by atoms with Crippen molar-refractivity contribution in [1.29, 1.82) is 0 Å². The van der Waals surface area contributed by atoms with Crippen molar-refractivity contribution in [1.82, 2.24) is 5.32 Å². The van der Waals surface area contributed by atoms with Gasteiger partial charge in [0.05, 0.1) is 5.25 Å². The Hall–Kier alpha value is -0.130. The minimum atomic E-state index is -3.32. The normalized spacial score (nSPS) is 45.1. The molecule has 13 heavy (non-hydrogen) atoms. The van der Waals surface area contributed by atoms with Crippen LogP contribution in [-0.2, 0) is 10.0 Å². The van der Waals surface area contributed by atoms with Gasteiger partial charge in [0.2, 0.25) is 10.0 Å². The number of nitrogens with two attached hydrogens (primary N) is 1. The monoisotopic (exact) mass is 204 g/mol. The van der Waals surface area contributed by atoms with Crippen LogP contribution in [0.3, 0.4) is 0 Å². The highest BCUT2D eigenvalue weighted by Crippen LogP contribution is 2.33. The van der Waals surface area contributed by atoms with E-state index in [1.54, 1.807) is 0 Å². The van der Waals surface area contributed by atoms with Crippen molar-refractivity contribution < 1.29 is 8.42 Å². The second-order valence-electron chi connectivity index (χ2n) is 4.37.